The van der Waals surface area contributed by atoms with Crippen molar-refractivity contribution in [1.82, 2.24) is 4.90 Å². The molecule has 1 amide bonds. The van der Waals surface area contributed by atoms with Crippen LogP contribution in [0.25, 0.3) is 0 Å². The molecule has 4 nitrogen and oxygen atoms in total. The smallest absolute Gasteiger partial charge is 0.378 e. The minimum Gasteiger partial charge on any atom is -0.378 e. The van der Waals surface area contributed by atoms with Crippen molar-refractivity contribution in [1.29, 1.82) is 0 Å². The lowest BCUT2D eigenvalue weighted by Crippen LogP contribution is -2.42. The van der Waals surface area contributed by atoms with Crippen LogP contribution in [-0.2, 0) is 17.1 Å². The highest BCUT2D eigenvalue weighted by Gasteiger charge is 2.39. The molecule has 2 aliphatic heterocycles. The van der Waals surface area contributed by atoms with Gasteiger partial charge < -0.3 is 14.5 Å². The fourth-order valence-electron chi connectivity index (χ4n) is 5.61. The van der Waals surface area contributed by atoms with E-state index < -0.39 is 35.0 Å². The van der Waals surface area contributed by atoms with E-state index in [1.54, 1.807) is 0 Å². The molecule has 2 atom stereocenters. The van der Waals surface area contributed by atoms with Gasteiger partial charge in [0, 0.05) is 43.3 Å². The van der Waals surface area contributed by atoms with Crippen molar-refractivity contribution < 1.29 is 35.9 Å². The normalized spacial score (nSPS) is 20.4. The molecule has 0 aliphatic carbocycles. The molecule has 0 bridgehead atoms. The molecule has 2 heterocycles. The number of ether oxygens (including phenoxy) is 1. The van der Waals surface area contributed by atoms with E-state index in [0.717, 1.165) is 29.9 Å². The zero-order valence-corrected chi connectivity index (χ0v) is 21.5. The number of rotatable bonds is 4. The van der Waals surface area contributed by atoms with E-state index in [4.69, 9.17) is 4.74 Å². The van der Waals surface area contributed by atoms with Crippen LogP contribution in [0.3, 0.4) is 0 Å². The van der Waals surface area contributed by atoms with E-state index >= 15 is 0 Å². The summed E-state index contributed by atoms with van der Waals surface area (Å²) >= 11 is 0. The summed E-state index contributed by atoms with van der Waals surface area (Å²) in [6.45, 7) is 3.19. The average Bonchev–Trinajstić information content (AvgIpc) is 2.96. The monoisotopic (exact) mass is 562 g/mol. The van der Waals surface area contributed by atoms with E-state index in [1.165, 1.54) is 4.90 Å². The molecule has 0 radical (unpaired) electrons. The van der Waals surface area contributed by atoms with Crippen LogP contribution in [0.5, 0.6) is 0 Å². The third-order valence-electron chi connectivity index (χ3n) is 7.64. The zero-order chi connectivity index (χ0) is 28.5. The first kappa shape index (κ1) is 28.0. The molecule has 2 saturated heterocycles. The second-order valence-corrected chi connectivity index (χ2v) is 10.2. The van der Waals surface area contributed by atoms with Crippen LogP contribution in [0.2, 0.25) is 0 Å². The summed E-state index contributed by atoms with van der Waals surface area (Å²) in [4.78, 5) is 17.0. The average molecular weight is 563 g/mol. The van der Waals surface area contributed by atoms with E-state index in [0.29, 0.717) is 31.8 Å². The van der Waals surface area contributed by atoms with Gasteiger partial charge in [0.2, 0.25) is 0 Å². The maximum Gasteiger partial charge on any atom is 0.416 e. The minimum atomic E-state index is -5.03. The van der Waals surface area contributed by atoms with Crippen molar-refractivity contribution in [3.05, 3.63) is 101 Å². The molecule has 0 N–H and O–H groups in total. The second kappa shape index (κ2) is 11.2. The van der Waals surface area contributed by atoms with Gasteiger partial charge in [-0.1, -0.05) is 42.5 Å². The molecule has 0 spiro atoms. The predicted molar refractivity (Wildman–Crippen MR) is 138 cm³/mol. The summed E-state index contributed by atoms with van der Waals surface area (Å²) in [5, 5.41) is 0. The van der Waals surface area contributed by atoms with Crippen LogP contribution in [0.4, 0.5) is 32.0 Å². The van der Waals surface area contributed by atoms with Gasteiger partial charge in [-0.3, -0.25) is 4.79 Å². The van der Waals surface area contributed by atoms with Crippen LogP contribution in [0.1, 0.15) is 50.9 Å². The number of piperidine rings is 1. The topological polar surface area (TPSA) is 32.8 Å². The summed E-state index contributed by atoms with van der Waals surface area (Å²) in [7, 11) is 0. The van der Waals surface area contributed by atoms with Gasteiger partial charge in [-0.05, 0) is 53.8 Å². The minimum absolute atomic E-state index is 0.000291. The Bertz CT molecular complexity index is 1300. The van der Waals surface area contributed by atoms with Crippen molar-refractivity contribution >= 4 is 11.6 Å². The van der Waals surface area contributed by atoms with Crippen molar-refractivity contribution in [2.24, 2.45) is 0 Å². The number of hydrogen-bond acceptors (Lipinski definition) is 3. The molecule has 2 aliphatic rings. The quantitative estimate of drug-likeness (QED) is 0.322. The number of anilines is 1. The number of likely N-dealkylation sites (tertiary alicyclic amines) is 1. The highest BCUT2D eigenvalue weighted by Crippen LogP contribution is 2.42. The van der Waals surface area contributed by atoms with Crippen LogP contribution in [0, 0.1) is 0 Å². The molecule has 0 saturated carbocycles. The lowest BCUT2D eigenvalue weighted by Gasteiger charge is -2.40. The molecule has 212 valence electrons. The number of benzene rings is 3. The number of hydrogen-bond donors (Lipinski definition) is 0. The largest absolute Gasteiger partial charge is 0.416 e. The van der Waals surface area contributed by atoms with Crippen molar-refractivity contribution in [2.75, 3.05) is 44.3 Å². The molecule has 2 unspecified atom stereocenters. The van der Waals surface area contributed by atoms with E-state index in [9.17, 15) is 31.1 Å². The standard InChI is InChI=1S/C30H28F6N2O2/c31-29(32,33)23-15-22(16-24(18-23)30(34,35)36)28(39)38-10-9-26(27(19-38)20-5-2-1-3-6-20)21-7-4-8-25(17-21)37-11-13-40-14-12-37/h1-8,15-18,26-27H,9-14,19H2. The Morgan fingerprint density at radius 3 is 1.98 bits per heavy atom. The van der Waals surface area contributed by atoms with Gasteiger partial charge in [0.15, 0.2) is 0 Å². The lowest BCUT2D eigenvalue weighted by atomic mass is 9.76. The summed E-state index contributed by atoms with van der Waals surface area (Å²) < 4.78 is 86.0. The van der Waals surface area contributed by atoms with E-state index in [-0.39, 0.29) is 31.0 Å². The highest BCUT2D eigenvalue weighted by molar-refractivity contribution is 5.95. The van der Waals surface area contributed by atoms with Crippen LogP contribution in [-0.4, -0.2) is 50.2 Å². The van der Waals surface area contributed by atoms with Crippen LogP contribution >= 0.6 is 0 Å². The third kappa shape index (κ3) is 6.11. The van der Waals surface area contributed by atoms with Crippen molar-refractivity contribution in [3.8, 4) is 0 Å². The SMILES string of the molecule is O=C(c1cc(C(F)(F)F)cc(C(F)(F)F)c1)N1CCC(c2cccc(N3CCOCC3)c2)C(c2ccccc2)C1. The summed E-state index contributed by atoms with van der Waals surface area (Å²) in [6, 6.07) is 18.7. The molecule has 10 heteroatoms. The second-order valence-electron chi connectivity index (χ2n) is 10.2. The van der Waals surface area contributed by atoms with Gasteiger partial charge >= 0.3 is 12.4 Å². The zero-order valence-electron chi connectivity index (χ0n) is 21.5. The van der Waals surface area contributed by atoms with Gasteiger partial charge in [0.05, 0.1) is 24.3 Å². The molecule has 0 aromatic heterocycles. The van der Waals surface area contributed by atoms with E-state index in [1.807, 2.05) is 48.5 Å². The number of carbonyl (C=O) groups excluding carboxylic acids is 1. The Labute approximate surface area is 228 Å². The molecule has 2 fully saturated rings. The number of carbonyl (C=O) groups is 1. The Balaban J connectivity index is 1.46. The summed E-state index contributed by atoms with van der Waals surface area (Å²) in [5.74, 6) is -1.05. The highest BCUT2D eigenvalue weighted by atomic mass is 19.4. The first-order valence-electron chi connectivity index (χ1n) is 13.1. The van der Waals surface area contributed by atoms with Crippen LogP contribution < -0.4 is 4.90 Å². The van der Waals surface area contributed by atoms with Crippen molar-refractivity contribution in [2.45, 2.75) is 30.6 Å². The number of halogens is 6. The number of alkyl halides is 6. The third-order valence-corrected chi connectivity index (χ3v) is 7.64. The first-order valence-corrected chi connectivity index (χ1v) is 13.1. The van der Waals surface area contributed by atoms with Gasteiger partial charge in [-0.15, -0.1) is 0 Å². The molecule has 3 aromatic carbocycles. The Kier molecular flexibility index (Phi) is 7.81. The summed E-state index contributed by atoms with van der Waals surface area (Å²) in [5.41, 5.74) is -0.540. The Hall–Kier alpha value is -3.53. The maximum absolute atomic E-state index is 13.4. The number of nitrogens with zero attached hydrogens (tertiary/aromatic N) is 2. The predicted octanol–water partition coefficient (Wildman–Crippen LogP) is 6.97. The molecular weight excluding hydrogens is 534 g/mol. The fourth-order valence-corrected chi connectivity index (χ4v) is 5.61. The fraction of sp³-hybridized carbons (Fsp3) is 0.367. The maximum atomic E-state index is 13.4. The van der Waals surface area contributed by atoms with Gasteiger partial charge in [0.25, 0.3) is 5.91 Å². The van der Waals surface area contributed by atoms with Crippen LogP contribution in [0.15, 0.2) is 72.8 Å². The van der Waals surface area contributed by atoms with Gasteiger partial charge in [-0.25, -0.2) is 0 Å². The number of morpholine rings is 1. The molecule has 40 heavy (non-hydrogen) atoms. The molecule has 5 rings (SSSR count). The van der Waals surface area contributed by atoms with Gasteiger partial charge in [0.1, 0.15) is 0 Å². The molecule has 3 aromatic rings. The number of amides is 1. The first-order chi connectivity index (χ1) is 19.0. The van der Waals surface area contributed by atoms with Crippen molar-refractivity contribution in [3.63, 3.8) is 0 Å². The Morgan fingerprint density at radius 2 is 1.35 bits per heavy atom. The lowest BCUT2D eigenvalue weighted by molar-refractivity contribution is -0.143. The van der Waals surface area contributed by atoms with Gasteiger partial charge in [-0.2, -0.15) is 26.3 Å². The molecular formula is C30H28F6N2O2. The Morgan fingerprint density at radius 1 is 0.725 bits per heavy atom. The summed E-state index contributed by atoms with van der Waals surface area (Å²) in [6.07, 6.45) is -9.55. The van der Waals surface area contributed by atoms with E-state index in [2.05, 4.69) is 11.0 Å².